The first-order valence-electron chi connectivity index (χ1n) is 8.60. The summed E-state index contributed by atoms with van der Waals surface area (Å²) in [6.45, 7) is 4.68. The number of fused-ring (bicyclic) bond motifs is 1. The van der Waals surface area contributed by atoms with Gasteiger partial charge in [0.25, 0.3) is 0 Å². The monoisotopic (exact) mass is 337 g/mol. The van der Waals surface area contributed by atoms with Gasteiger partial charge in [0.05, 0.1) is 5.92 Å². The molecule has 1 amide bonds. The SMILES string of the molecule is Cc1ccc(CC(C)C(=O)N2Cc3ccccc3C(C(=O)O)C2)cc1. The highest BCUT2D eigenvalue weighted by atomic mass is 16.4. The van der Waals surface area contributed by atoms with Crippen molar-refractivity contribution >= 4 is 11.9 Å². The number of aryl methyl sites for hydroxylation is 1. The van der Waals surface area contributed by atoms with Crippen LogP contribution < -0.4 is 0 Å². The summed E-state index contributed by atoms with van der Waals surface area (Å²) in [6, 6.07) is 15.7. The molecule has 0 radical (unpaired) electrons. The molecule has 4 nitrogen and oxygen atoms in total. The summed E-state index contributed by atoms with van der Waals surface area (Å²) < 4.78 is 0. The molecule has 0 fully saturated rings. The summed E-state index contributed by atoms with van der Waals surface area (Å²) in [5, 5.41) is 9.55. The minimum absolute atomic E-state index is 0.0151. The molecule has 1 aliphatic heterocycles. The van der Waals surface area contributed by atoms with E-state index in [0.717, 1.165) is 16.7 Å². The van der Waals surface area contributed by atoms with Crippen LogP contribution in [0.15, 0.2) is 48.5 Å². The Kier molecular flexibility index (Phi) is 4.88. The normalized spacial score (nSPS) is 17.7. The van der Waals surface area contributed by atoms with Crippen molar-refractivity contribution in [2.45, 2.75) is 32.7 Å². The van der Waals surface area contributed by atoms with Crippen LogP contribution in [-0.4, -0.2) is 28.4 Å². The van der Waals surface area contributed by atoms with E-state index in [1.165, 1.54) is 5.56 Å². The predicted molar refractivity (Wildman–Crippen MR) is 96.3 cm³/mol. The zero-order valence-corrected chi connectivity index (χ0v) is 14.6. The van der Waals surface area contributed by atoms with Crippen LogP contribution in [0.25, 0.3) is 0 Å². The van der Waals surface area contributed by atoms with Crippen molar-refractivity contribution in [1.29, 1.82) is 0 Å². The molecular formula is C21H23NO3. The summed E-state index contributed by atoms with van der Waals surface area (Å²) in [4.78, 5) is 26.2. The summed E-state index contributed by atoms with van der Waals surface area (Å²) >= 11 is 0. The molecule has 3 rings (SSSR count). The van der Waals surface area contributed by atoms with Gasteiger partial charge in [-0.1, -0.05) is 61.0 Å². The lowest BCUT2D eigenvalue weighted by molar-refractivity contribution is -0.142. The number of carboxylic acid groups (broad SMARTS) is 1. The number of benzene rings is 2. The summed E-state index contributed by atoms with van der Waals surface area (Å²) in [5.41, 5.74) is 4.07. The maximum atomic E-state index is 12.9. The van der Waals surface area contributed by atoms with E-state index in [9.17, 15) is 14.7 Å². The second-order valence-corrected chi connectivity index (χ2v) is 6.90. The van der Waals surface area contributed by atoms with E-state index in [0.29, 0.717) is 13.0 Å². The number of nitrogens with zero attached hydrogens (tertiary/aromatic N) is 1. The number of aliphatic carboxylic acids is 1. The van der Waals surface area contributed by atoms with E-state index in [1.807, 2.05) is 62.4 Å². The van der Waals surface area contributed by atoms with Crippen LogP contribution in [0.1, 0.15) is 35.1 Å². The average molecular weight is 337 g/mol. The Morgan fingerprint density at radius 1 is 1.16 bits per heavy atom. The molecule has 25 heavy (non-hydrogen) atoms. The van der Waals surface area contributed by atoms with Crippen molar-refractivity contribution in [3.05, 3.63) is 70.8 Å². The van der Waals surface area contributed by atoms with Crippen molar-refractivity contribution < 1.29 is 14.7 Å². The fourth-order valence-corrected chi connectivity index (χ4v) is 3.46. The lowest BCUT2D eigenvalue weighted by Crippen LogP contribution is -2.43. The first-order chi connectivity index (χ1) is 12.0. The number of carbonyl (C=O) groups is 2. The van der Waals surface area contributed by atoms with Crippen LogP contribution >= 0.6 is 0 Å². The molecule has 2 unspecified atom stereocenters. The van der Waals surface area contributed by atoms with Gasteiger partial charge < -0.3 is 10.0 Å². The summed E-state index contributed by atoms with van der Waals surface area (Å²) in [5.74, 6) is -1.69. The van der Waals surface area contributed by atoms with E-state index < -0.39 is 11.9 Å². The standard InChI is InChI=1S/C21H23NO3/c1-14-7-9-16(10-8-14)11-15(2)20(23)22-12-17-5-3-4-6-18(17)19(13-22)21(24)25/h3-10,15,19H,11-13H2,1-2H3,(H,24,25). The van der Waals surface area contributed by atoms with Gasteiger partial charge in [0.1, 0.15) is 0 Å². The summed E-state index contributed by atoms with van der Waals surface area (Å²) in [6.07, 6.45) is 0.662. The maximum Gasteiger partial charge on any atom is 0.312 e. The van der Waals surface area contributed by atoms with E-state index in [2.05, 4.69) is 0 Å². The lowest BCUT2D eigenvalue weighted by Gasteiger charge is -2.34. The van der Waals surface area contributed by atoms with Crippen molar-refractivity contribution in [2.75, 3.05) is 6.54 Å². The number of amides is 1. The van der Waals surface area contributed by atoms with E-state index in [4.69, 9.17) is 0 Å². The van der Waals surface area contributed by atoms with Gasteiger partial charge in [0.15, 0.2) is 0 Å². The molecule has 0 saturated heterocycles. The van der Waals surface area contributed by atoms with Crippen molar-refractivity contribution in [3.8, 4) is 0 Å². The summed E-state index contributed by atoms with van der Waals surface area (Å²) in [7, 11) is 0. The fourth-order valence-electron chi connectivity index (χ4n) is 3.46. The Morgan fingerprint density at radius 2 is 1.84 bits per heavy atom. The van der Waals surface area contributed by atoms with Gasteiger partial charge in [0, 0.05) is 19.0 Å². The molecule has 4 heteroatoms. The highest BCUT2D eigenvalue weighted by molar-refractivity contribution is 5.82. The Morgan fingerprint density at radius 3 is 2.52 bits per heavy atom. The molecule has 2 aromatic carbocycles. The smallest absolute Gasteiger partial charge is 0.312 e. The molecule has 1 heterocycles. The van der Waals surface area contributed by atoms with Gasteiger partial charge in [-0.3, -0.25) is 9.59 Å². The third-order valence-corrected chi connectivity index (χ3v) is 4.89. The molecule has 1 aliphatic rings. The molecule has 2 aromatic rings. The van der Waals surface area contributed by atoms with Crippen LogP contribution in [0.5, 0.6) is 0 Å². The molecule has 0 spiro atoms. The lowest BCUT2D eigenvalue weighted by atomic mass is 9.88. The molecule has 0 aromatic heterocycles. The quantitative estimate of drug-likeness (QED) is 0.930. The van der Waals surface area contributed by atoms with Gasteiger partial charge in [-0.2, -0.15) is 0 Å². The minimum Gasteiger partial charge on any atom is -0.481 e. The molecular weight excluding hydrogens is 314 g/mol. The topological polar surface area (TPSA) is 57.6 Å². The fraction of sp³-hybridized carbons (Fsp3) is 0.333. The number of carbonyl (C=O) groups excluding carboxylic acids is 1. The zero-order valence-electron chi connectivity index (χ0n) is 14.6. The van der Waals surface area contributed by atoms with Gasteiger partial charge in [-0.15, -0.1) is 0 Å². The zero-order chi connectivity index (χ0) is 18.0. The van der Waals surface area contributed by atoms with Crippen molar-refractivity contribution in [3.63, 3.8) is 0 Å². The largest absolute Gasteiger partial charge is 0.481 e. The highest BCUT2D eigenvalue weighted by Gasteiger charge is 2.33. The molecule has 0 saturated carbocycles. The van der Waals surface area contributed by atoms with Crippen LogP contribution in [0, 0.1) is 12.8 Å². The van der Waals surface area contributed by atoms with Crippen molar-refractivity contribution in [1.82, 2.24) is 4.90 Å². The molecule has 0 bridgehead atoms. The van der Waals surface area contributed by atoms with Crippen LogP contribution in [0.2, 0.25) is 0 Å². The molecule has 1 N–H and O–H groups in total. The Hall–Kier alpha value is -2.62. The number of carboxylic acids is 1. The third-order valence-electron chi connectivity index (χ3n) is 4.89. The van der Waals surface area contributed by atoms with Gasteiger partial charge in [0.2, 0.25) is 5.91 Å². The van der Waals surface area contributed by atoms with E-state index in [-0.39, 0.29) is 18.4 Å². The van der Waals surface area contributed by atoms with E-state index in [1.54, 1.807) is 4.90 Å². The number of hydrogen-bond donors (Lipinski definition) is 1. The van der Waals surface area contributed by atoms with E-state index >= 15 is 0 Å². The number of hydrogen-bond acceptors (Lipinski definition) is 2. The number of rotatable bonds is 4. The predicted octanol–water partition coefficient (Wildman–Crippen LogP) is 3.38. The van der Waals surface area contributed by atoms with Crippen LogP contribution in [0.3, 0.4) is 0 Å². The Labute approximate surface area is 148 Å². The van der Waals surface area contributed by atoms with Crippen molar-refractivity contribution in [2.24, 2.45) is 5.92 Å². The van der Waals surface area contributed by atoms with Gasteiger partial charge >= 0.3 is 5.97 Å². The third kappa shape index (κ3) is 3.73. The maximum absolute atomic E-state index is 12.9. The van der Waals surface area contributed by atoms with Gasteiger partial charge in [-0.25, -0.2) is 0 Å². The first kappa shape index (κ1) is 17.2. The van der Waals surface area contributed by atoms with Crippen LogP contribution in [-0.2, 0) is 22.6 Å². The molecule has 130 valence electrons. The highest BCUT2D eigenvalue weighted by Crippen LogP contribution is 2.29. The second kappa shape index (κ2) is 7.09. The Balaban J connectivity index is 1.76. The molecule has 2 atom stereocenters. The second-order valence-electron chi connectivity index (χ2n) is 6.90. The van der Waals surface area contributed by atoms with Crippen LogP contribution in [0.4, 0.5) is 0 Å². The first-order valence-corrected chi connectivity index (χ1v) is 8.60. The minimum atomic E-state index is -0.879. The Bertz CT molecular complexity index is 782. The average Bonchev–Trinajstić information content (AvgIpc) is 2.61. The van der Waals surface area contributed by atoms with Gasteiger partial charge in [-0.05, 0) is 30.0 Å². The molecule has 0 aliphatic carbocycles.